The van der Waals surface area contributed by atoms with Crippen LogP contribution in [-0.2, 0) is 11.3 Å². The minimum Gasteiger partial charge on any atom is -0.462 e. The summed E-state index contributed by atoms with van der Waals surface area (Å²) in [7, 11) is 0. The topological polar surface area (TPSA) is 48.3 Å². The molecule has 2 aromatic rings. The first-order valence-corrected chi connectivity index (χ1v) is 6.64. The Bertz CT molecular complexity index is 659. The van der Waals surface area contributed by atoms with Crippen molar-refractivity contribution in [3.05, 3.63) is 58.5 Å². The number of nitrogens with zero attached hydrogens (tertiary/aromatic N) is 1. The molecule has 1 aromatic heterocycles. The fourth-order valence-corrected chi connectivity index (χ4v) is 1.99. The molecule has 0 unspecified atom stereocenters. The predicted molar refractivity (Wildman–Crippen MR) is 77.8 cm³/mol. The van der Waals surface area contributed by atoms with Crippen molar-refractivity contribution in [2.45, 2.75) is 20.4 Å². The summed E-state index contributed by atoms with van der Waals surface area (Å²) < 4.78 is 6.76. The van der Waals surface area contributed by atoms with E-state index in [1.165, 1.54) is 0 Å². The molecule has 0 aliphatic carbocycles. The summed E-state index contributed by atoms with van der Waals surface area (Å²) in [6, 6.07) is 9.32. The Kier molecular flexibility index (Phi) is 4.35. The Balaban J connectivity index is 2.61. The van der Waals surface area contributed by atoms with Gasteiger partial charge in [-0.25, -0.2) is 4.79 Å². The third-order valence-electron chi connectivity index (χ3n) is 3.02. The van der Waals surface area contributed by atoms with E-state index < -0.39 is 5.97 Å². The minimum absolute atomic E-state index is 0.0788. The lowest BCUT2D eigenvalue weighted by Gasteiger charge is -2.10. The number of carbonyl (C=O) groups excluding carboxylic acids is 1. The van der Waals surface area contributed by atoms with Gasteiger partial charge in [0.15, 0.2) is 0 Å². The van der Waals surface area contributed by atoms with Gasteiger partial charge < -0.3 is 9.30 Å². The maximum absolute atomic E-state index is 12.4. The van der Waals surface area contributed by atoms with Gasteiger partial charge in [-0.2, -0.15) is 0 Å². The van der Waals surface area contributed by atoms with Crippen molar-refractivity contribution in [3.8, 4) is 11.1 Å². The number of hydrogen-bond acceptors (Lipinski definition) is 3. The number of aryl methyl sites for hydroxylation is 1. The normalized spacial score (nSPS) is 10.3. The Morgan fingerprint density at radius 3 is 2.45 bits per heavy atom. The van der Waals surface area contributed by atoms with E-state index in [2.05, 4.69) is 0 Å². The van der Waals surface area contributed by atoms with Crippen LogP contribution in [0.25, 0.3) is 11.1 Å². The number of rotatable bonds is 4. The van der Waals surface area contributed by atoms with Crippen molar-refractivity contribution in [1.82, 2.24) is 4.57 Å². The monoisotopic (exact) mass is 271 g/mol. The van der Waals surface area contributed by atoms with E-state index in [4.69, 9.17) is 4.74 Å². The zero-order chi connectivity index (χ0) is 14.5. The predicted octanol–water partition coefficient (Wildman–Crippen LogP) is 2.71. The molecule has 0 aliphatic heterocycles. The molecule has 104 valence electrons. The van der Waals surface area contributed by atoms with Gasteiger partial charge in [0.2, 0.25) is 5.43 Å². The lowest BCUT2D eigenvalue weighted by Crippen LogP contribution is -2.21. The van der Waals surface area contributed by atoms with Crippen LogP contribution in [-0.4, -0.2) is 17.1 Å². The standard InChI is InChI=1S/C16H17NO3/c1-3-17-10-13(12-8-6-5-7-9-12)15(18)14(11-17)16(19)20-4-2/h5-11H,3-4H2,1-2H3. The highest BCUT2D eigenvalue weighted by Crippen LogP contribution is 2.15. The zero-order valence-corrected chi connectivity index (χ0v) is 11.6. The van der Waals surface area contributed by atoms with Gasteiger partial charge in [-0.1, -0.05) is 30.3 Å². The smallest absolute Gasteiger partial charge is 0.343 e. The van der Waals surface area contributed by atoms with E-state index in [1.807, 2.05) is 41.8 Å². The summed E-state index contributed by atoms with van der Waals surface area (Å²) in [5.74, 6) is -0.572. The van der Waals surface area contributed by atoms with Gasteiger partial charge in [-0.05, 0) is 19.4 Å². The molecular formula is C16H17NO3. The Hall–Kier alpha value is -2.36. The van der Waals surface area contributed by atoms with E-state index in [0.29, 0.717) is 12.1 Å². The maximum Gasteiger partial charge on any atom is 0.343 e. The SMILES string of the molecule is CCOC(=O)c1cn(CC)cc(-c2ccccc2)c1=O. The van der Waals surface area contributed by atoms with E-state index in [1.54, 1.807) is 19.3 Å². The summed E-state index contributed by atoms with van der Waals surface area (Å²) in [6.07, 6.45) is 3.31. The van der Waals surface area contributed by atoms with Gasteiger partial charge in [0, 0.05) is 24.5 Å². The summed E-state index contributed by atoms with van der Waals surface area (Å²) in [5.41, 5.74) is 1.10. The Morgan fingerprint density at radius 1 is 1.15 bits per heavy atom. The average molecular weight is 271 g/mol. The van der Waals surface area contributed by atoms with Gasteiger partial charge in [-0.3, -0.25) is 4.79 Å². The molecular weight excluding hydrogens is 254 g/mol. The van der Waals surface area contributed by atoms with Crippen LogP contribution < -0.4 is 5.43 Å². The molecule has 0 radical (unpaired) electrons. The molecule has 0 saturated heterocycles. The molecule has 0 saturated carbocycles. The van der Waals surface area contributed by atoms with Crippen molar-refractivity contribution >= 4 is 5.97 Å². The third kappa shape index (κ3) is 2.79. The second-order valence-electron chi connectivity index (χ2n) is 4.33. The Labute approximate surface area is 117 Å². The maximum atomic E-state index is 12.4. The molecule has 0 spiro atoms. The lowest BCUT2D eigenvalue weighted by atomic mass is 10.1. The van der Waals surface area contributed by atoms with Crippen molar-refractivity contribution in [1.29, 1.82) is 0 Å². The molecule has 1 aromatic carbocycles. The number of carbonyl (C=O) groups is 1. The second-order valence-corrected chi connectivity index (χ2v) is 4.33. The van der Waals surface area contributed by atoms with Crippen LogP contribution in [0.15, 0.2) is 47.5 Å². The lowest BCUT2D eigenvalue weighted by molar-refractivity contribution is 0.0524. The molecule has 4 heteroatoms. The molecule has 2 rings (SSSR count). The molecule has 0 aliphatic rings. The second kappa shape index (κ2) is 6.19. The first-order valence-electron chi connectivity index (χ1n) is 6.64. The van der Waals surface area contributed by atoms with Crippen LogP contribution >= 0.6 is 0 Å². The van der Waals surface area contributed by atoms with Gasteiger partial charge in [0.05, 0.1) is 6.61 Å². The van der Waals surface area contributed by atoms with Crippen molar-refractivity contribution < 1.29 is 9.53 Å². The first kappa shape index (κ1) is 14.1. The third-order valence-corrected chi connectivity index (χ3v) is 3.02. The van der Waals surface area contributed by atoms with E-state index in [0.717, 1.165) is 5.56 Å². The van der Waals surface area contributed by atoms with Crippen LogP contribution in [0.1, 0.15) is 24.2 Å². The number of ether oxygens (including phenoxy) is 1. The molecule has 4 nitrogen and oxygen atoms in total. The number of esters is 1. The highest BCUT2D eigenvalue weighted by atomic mass is 16.5. The van der Waals surface area contributed by atoms with Crippen LogP contribution in [0.5, 0.6) is 0 Å². The van der Waals surface area contributed by atoms with Crippen molar-refractivity contribution in [3.63, 3.8) is 0 Å². The number of aromatic nitrogens is 1. The van der Waals surface area contributed by atoms with Crippen LogP contribution in [0.2, 0.25) is 0 Å². The van der Waals surface area contributed by atoms with Crippen LogP contribution in [0.4, 0.5) is 0 Å². The highest BCUT2D eigenvalue weighted by molar-refractivity contribution is 5.90. The molecule has 0 amide bonds. The van der Waals surface area contributed by atoms with Gasteiger partial charge >= 0.3 is 5.97 Å². The first-order chi connectivity index (χ1) is 9.67. The van der Waals surface area contributed by atoms with Crippen LogP contribution in [0, 0.1) is 0 Å². The molecule has 0 bridgehead atoms. The summed E-state index contributed by atoms with van der Waals surface area (Å²) >= 11 is 0. The van der Waals surface area contributed by atoms with Crippen molar-refractivity contribution in [2.24, 2.45) is 0 Å². The van der Waals surface area contributed by atoms with Gasteiger partial charge in [0.1, 0.15) is 5.56 Å². The van der Waals surface area contributed by atoms with Gasteiger partial charge in [-0.15, -0.1) is 0 Å². The highest BCUT2D eigenvalue weighted by Gasteiger charge is 2.16. The van der Waals surface area contributed by atoms with Gasteiger partial charge in [0.25, 0.3) is 0 Å². The average Bonchev–Trinajstić information content (AvgIpc) is 2.48. The quantitative estimate of drug-likeness (QED) is 0.803. The van der Waals surface area contributed by atoms with Crippen LogP contribution in [0.3, 0.4) is 0 Å². The number of pyridine rings is 1. The molecule has 0 N–H and O–H groups in total. The van der Waals surface area contributed by atoms with E-state index >= 15 is 0 Å². The minimum atomic E-state index is -0.572. The molecule has 20 heavy (non-hydrogen) atoms. The Morgan fingerprint density at radius 2 is 1.85 bits per heavy atom. The summed E-state index contributed by atoms with van der Waals surface area (Å²) in [4.78, 5) is 24.3. The fraction of sp³-hybridized carbons (Fsp3) is 0.250. The van der Waals surface area contributed by atoms with Crippen molar-refractivity contribution in [2.75, 3.05) is 6.61 Å². The van der Waals surface area contributed by atoms with E-state index in [9.17, 15) is 9.59 Å². The largest absolute Gasteiger partial charge is 0.462 e. The zero-order valence-electron chi connectivity index (χ0n) is 11.6. The fourth-order valence-electron chi connectivity index (χ4n) is 1.99. The van der Waals surface area contributed by atoms with E-state index in [-0.39, 0.29) is 17.6 Å². The molecule has 1 heterocycles. The summed E-state index contributed by atoms with van der Waals surface area (Å²) in [6.45, 7) is 4.60. The summed E-state index contributed by atoms with van der Waals surface area (Å²) in [5, 5.41) is 0. The molecule has 0 fully saturated rings. The number of hydrogen-bond donors (Lipinski definition) is 0. The molecule has 0 atom stereocenters. The number of benzene rings is 1.